The van der Waals surface area contributed by atoms with Gasteiger partial charge in [0.15, 0.2) is 0 Å². The molecule has 0 radical (unpaired) electrons. The molecule has 6 rings (SSSR count). The molecule has 0 amide bonds. The van der Waals surface area contributed by atoms with Crippen molar-refractivity contribution in [3.8, 4) is 22.6 Å². The second-order valence-corrected chi connectivity index (χ2v) is 9.23. The van der Waals surface area contributed by atoms with E-state index in [0.29, 0.717) is 28.5 Å². The summed E-state index contributed by atoms with van der Waals surface area (Å²) in [5, 5.41) is 13.0. The van der Waals surface area contributed by atoms with Crippen LogP contribution in [-0.4, -0.2) is 15.2 Å². The number of allylic oxidation sites excluding steroid dienone is 2. The summed E-state index contributed by atoms with van der Waals surface area (Å²) in [6.45, 7) is 0. The Labute approximate surface area is 221 Å². The van der Waals surface area contributed by atoms with Crippen LogP contribution in [0.2, 0.25) is 0 Å². The van der Waals surface area contributed by atoms with Crippen LogP contribution in [0.5, 0.6) is 0 Å². The van der Waals surface area contributed by atoms with Gasteiger partial charge in [-0.25, -0.2) is 4.98 Å². The van der Waals surface area contributed by atoms with Gasteiger partial charge in [-0.15, -0.1) is 10.2 Å². The second kappa shape index (κ2) is 10.1. The van der Waals surface area contributed by atoms with Crippen molar-refractivity contribution in [2.75, 3.05) is 0 Å². The fraction of sp³-hybridized carbons (Fsp3) is 0.0606. The third-order valence-electron chi connectivity index (χ3n) is 6.82. The van der Waals surface area contributed by atoms with E-state index in [1.807, 2.05) is 84.9 Å². The molecule has 0 bridgehead atoms. The highest BCUT2D eigenvalue weighted by Gasteiger charge is 2.14. The Morgan fingerprint density at radius 1 is 0.605 bits per heavy atom. The molecule has 0 saturated carbocycles. The van der Waals surface area contributed by atoms with E-state index in [0.717, 1.165) is 50.9 Å². The van der Waals surface area contributed by atoms with E-state index in [1.54, 1.807) is 0 Å². The predicted molar refractivity (Wildman–Crippen MR) is 155 cm³/mol. The molecule has 0 unspecified atom stereocenters. The first-order valence-corrected chi connectivity index (χ1v) is 12.7. The first-order valence-electron chi connectivity index (χ1n) is 12.7. The predicted octanol–water partition coefficient (Wildman–Crippen LogP) is 4.82. The summed E-state index contributed by atoms with van der Waals surface area (Å²) in [4.78, 5) is 4.94. The number of pyridine rings is 1. The fourth-order valence-electron chi connectivity index (χ4n) is 4.88. The molecular formula is C33H27N5. The molecule has 184 valence electrons. The van der Waals surface area contributed by atoms with Gasteiger partial charge in [0.25, 0.3) is 0 Å². The van der Waals surface area contributed by atoms with Crippen LogP contribution in [0.3, 0.4) is 0 Å². The van der Waals surface area contributed by atoms with Gasteiger partial charge in [0.1, 0.15) is 11.4 Å². The average molecular weight is 494 g/mol. The van der Waals surface area contributed by atoms with Crippen molar-refractivity contribution in [1.29, 1.82) is 0 Å². The maximum Gasteiger partial charge on any atom is 0.119 e. The van der Waals surface area contributed by atoms with Crippen molar-refractivity contribution in [2.24, 2.45) is 11.5 Å². The average Bonchev–Trinajstić information content (AvgIpc) is 3.00. The van der Waals surface area contributed by atoms with Gasteiger partial charge in [0.05, 0.1) is 17.1 Å². The number of nitrogens with zero attached hydrogens (tertiary/aromatic N) is 3. The van der Waals surface area contributed by atoms with Gasteiger partial charge < -0.3 is 11.5 Å². The minimum absolute atomic E-state index is 0.559. The maximum absolute atomic E-state index is 6.76. The van der Waals surface area contributed by atoms with E-state index in [-0.39, 0.29) is 0 Å². The Balaban J connectivity index is 1.51. The molecule has 0 fully saturated rings. The quantitative estimate of drug-likeness (QED) is 0.375. The molecule has 5 heteroatoms. The summed E-state index contributed by atoms with van der Waals surface area (Å²) in [5.41, 5.74) is 19.6. The molecule has 1 aliphatic rings. The summed E-state index contributed by atoms with van der Waals surface area (Å²) in [7, 11) is 0. The minimum Gasteiger partial charge on any atom is -0.398 e. The highest BCUT2D eigenvalue weighted by molar-refractivity contribution is 6.01. The van der Waals surface area contributed by atoms with Crippen LogP contribution < -0.4 is 21.9 Å². The first kappa shape index (κ1) is 23.4. The van der Waals surface area contributed by atoms with Gasteiger partial charge in [-0.1, -0.05) is 103 Å². The lowest BCUT2D eigenvalue weighted by atomic mass is 10.0. The molecule has 1 aliphatic carbocycles. The van der Waals surface area contributed by atoms with Crippen LogP contribution in [-0.2, 0) is 0 Å². The van der Waals surface area contributed by atoms with Gasteiger partial charge >= 0.3 is 0 Å². The Kier molecular flexibility index (Phi) is 6.24. The molecule has 3 aromatic carbocycles. The van der Waals surface area contributed by atoms with Crippen LogP contribution in [0.1, 0.15) is 18.5 Å². The summed E-state index contributed by atoms with van der Waals surface area (Å²) in [5.74, 6) is 0. The van der Waals surface area contributed by atoms with E-state index in [9.17, 15) is 0 Å². The summed E-state index contributed by atoms with van der Waals surface area (Å²) < 4.78 is 0. The normalized spacial score (nSPS) is 14.7. The second-order valence-electron chi connectivity index (χ2n) is 9.23. The smallest absolute Gasteiger partial charge is 0.119 e. The van der Waals surface area contributed by atoms with Crippen LogP contribution in [0, 0.1) is 0 Å². The number of aromatic nitrogens is 3. The van der Waals surface area contributed by atoms with Crippen LogP contribution >= 0.6 is 0 Å². The van der Waals surface area contributed by atoms with E-state index in [4.69, 9.17) is 16.5 Å². The van der Waals surface area contributed by atoms with Crippen molar-refractivity contribution >= 4 is 22.2 Å². The number of nitrogens with two attached hydrogens (primary N) is 2. The molecule has 2 heterocycles. The molecule has 2 aromatic heterocycles. The lowest BCUT2D eigenvalue weighted by Crippen LogP contribution is -2.34. The molecule has 5 aromatic rings. The fourth-order valence-corrected chi connectivity index (χ4v) is 4.88. The number of hydrogen-bond acceptors (Lipinski definition) is 5. The minimum atomic E-state index is 0.559. The van der Waals surface area contributed by atoms with Crippen LogP contribution in [0.15, 0.2) is 121 Å². The van der Waals surface area contributed by atoms with E-state index < -0.39 is 0 Å². The summed E-state index contributed by atoms with van der Waals surface area (Å²) in [6.07, 6.45) is 8.41. The maximum atomic E-state index is 6.76. The number of benzene rings is 3. The zero-order valence-electron chi connectivity index (χ0n) is 20.9. The summed E-state index contributed by atoms with van der Waals surface area (Å²) in [6, 6.07) is 32.0. The van der Waals surface area contributed by atoms with Crippen LogP contribution in [0.4, 0.5) is 0 Å². The standard InChI is InChI=1S/C33H27N5/c34-30(22-12-3-1-4-13-22)24-16-7-8-17-25(24)31(35)28-20-11-21-29(36-28)33-27-19-10-9-18-26(27)32(37-38-33)23-14-5-2-6-15-23/h2-3,5-21H,1,4,34-35H2/b30-24-,31-25-. The van der Waals surface area contributed by atoms with Crippen molar-refractivity contribution in [3.63, 3.8) is 0 Å². The Morgan fingerprint density at radius 2 is 1.26 bits per heavy atom. The monoisotopic (exact) mass is 493 g/mol. The van der Waals surface area contributed by atoms with Crippen molar-refractivity contribution in [2.45, 2.75) is 12.8 Å². The van der Waals surface area contributed by atoms with Crippen molar-refractivity contribution in [1.82, 2.24) is 15.2 Å². The van der Waals surface area contributed by atoms with Gasteiger partial charge in [0.2, 0.25) is 0 Å². The zero-order chi connectivity index (χ0) is 25.9. The Morgan fingerprint density at radius 3 is 2.00 bits per heavy atom. The first-order chi connectivity index (χ1) is 18.7. The van der Waals surface area contributed by atoms with E-state index in [2.05, 4.69) is 40.6 Å². The van der Waals surface area contributed by atoms with E-state index >= 15 is 0 Å². The lowest BCUT2D eigenvalue weighted by molar-refractivity contribution is 1.02. The molecule has 5 nitrogen and oxygen atoms in total. The largest absolute Gasteiger partial charge is 0.398 e. The van der Waals surface area contributed by atoms with Crippen molar-refractivity contribution < 1.29 is 0 Å². The highest BCUT2D eigenvalue weighted by atomic mass is 15.1. The lowest BCUT2D eigenvalue weighted by Gasteiger charge is -2.11. The third-order valence-corrected chi connectivity index (χ3v) is 6.82. The zero-order valence-corrected chi connectivity index (χ0v) is 20.9. The van der Waals surface area contributed by atoms with Gasteiger partial charge in [-0.3, -0.25) is 0 Å². The number of fused-ring (bicyclic) bond motifs is 1. The van der Waals surface area contributed by atoms with E-state index in [1.165, 1.54) is 0 Å². The molecule has 0 atom stereocenters. The molecule has 0 spiro atoms. The SMILES string of the molecule is N/C(C1=CCCC=C1)=c1/cccc/c1=C(/N)c1cccc(-c2nnc(-c3ccccc3)c3ccccc23)n1. The van der Waals surface area contributed by atoms with Gasteiger partial charge in [-0.05, 0) is 30.5 Å². The highest BCUT2D eigenvalue weighted by Crippen LogP contribution is 2.31. The number of rotatable bonds is 4. The topological polar surface area (TPSA) is 90.7 Å². The molecule has 4 N–H and O–H groups in total. The summed E-state index contributed by atoms with van der Waals surface area (Å²) >= 11 is 0. The Bertz CT molecular complexity index is 1840. The van der Waals surface area contributed by atoms with Crippen LogP contribution in [0.25, 0.3) is 44.8 Å². The Hall–Kier alpha value is -5.03. The molecule has 0 aliphatic heterocycles. The number of hydrogen-bond donors (Lipinski definition) is 2. The molecule has 0 saturated heterocycles. The molecule has 38 heavy (non-hydrogen) atoms. The van der Waals surface area contributed by atoms with Gasteiger partial charge in [0, 0.05) is 32.5 Å². The van der Waals surface area contributed by atoms with Gasteiger partial charge in [-0.2, -0.15) is 0 Å². The van der Waals surface area contributed by atoms with Crippen molar-refractivity contribution in [3.05, 3.63) is 137 Å². The third kappa shape index (κ3) is 4.35. The molecular weight excluding hydrogens is 466 g/mol.